The molecule has 1 amide bonds. The van der Waals surface area contributed by atoms with Gasteiger partial charge in [-0.05, 0) is 42.2 Å². The van der Waals surface area contributed by atoms with E-state index in [0.29, 0.717) is 24.3 Å². The SMILES string of the molecule is Cc1cc(C(=N)OC(=N)c2ccc(C(C)(C)C)c(N(C=O)C3COC3)c2)ccn1. The van der Waals surface area contributed by atoms with Gasteiger partial charge < -0.3 is 14.4 Å². The van der Waals surface area contributed by atoms with Crippen molar-refractivity contribution in [2.45, 2.75) is 39.2 Å². The maximum absolute atomic E-state index is 11.8. The van der Waals surface area contributed by atoms with E-state index in [0.717, 1.165) is 23.4 Å². The molecule has 0 radical (unpaired) electrons. The van der Waals surface area contributed by atoms with Crippen LogP contribution in [0.3, 0.4) is 0 Å². The lowest BCUT2D eigenvalue weighted by molar-refractivity contribution is -0.110. The minimum Gasteiger partial charge on any atom is -0.421 e. The monoisotopic (exact) mass is 394 g/mol. The molecule has 0 saturated carbocycles. The second-order valence-corrected chi connectivity index (χ2v) is 8.13. The molecule has 29 heavy (non-hydrogen) atoms. The van der Waals surface area contributed by atoms with Crippen LogP contribution in [0.5, 0.6) is 0 Å². The summed E-state index contributed by atoms with van der Waals surface area (Å²) >= 11 is 0. The molecular formula is C22H26N4O3. The normalized spacial score (nSPS) is 14.1. The highest BCUT2D eigenvalue weighted by atomic mass is 16.5. The first-order valence-electron chi connectivity index (χ1n) is 9.45. The number of benzene rings is 1. The number of aromatic nitrogens is 1. The molecule has 7 nitrogen and oxygen atoms in total. The lowest BCUT2D eigenvalue weighted by Crippen LogP contribution is -2.49. The Kier molecular flexibility index (Phi) is 5.79. The molecule has 2 aromatic rings. The summed E-state index contributed by atoms with van der Waals surface area (Å²) < 4.78 is 10.7. The zero-order chi connectivity index (χ0) is 21.2. The van der Waals surface area contributed by atoms with Crippen molar-refractivity contribution in [3.05, 3.63) is 58.9 Å². The third kappa shape index (κ3) is 4.51. The number of nitrogens with zero attached hydrogens (tertiary/aromatic N) is 2. The Labute approximate surface area is 170 Å². The molecule has 1 fully saturated rings. The van der Waals surface area contributed by atoms with Gasteiger partial charge in [0, 0.05) is 28.7 Å². The first kappa shape index (κ1) is 20.7. The summed E-state index contributed by atoms with van der Waals surface area (Å²) in [5.41, 5.74) is 3.35. The first-order chi connectivity index (χ1) is 13.7. The van der Waals surface area contributed by atoms with Crippen LogP contribution in [0.25, 0.3) is 0 Å². The van der Waals surface area contributed by atoms with Crippen LogP contribution in [0.2, 0.25) is 0 Å². The highest BCUT2D eigenvalue weighted by Crippen LogP contribution is 2.34. The van der Waals surface area contributed by atoms with E-state index in [1.54, 1.807) is 35.4 Å². The summed E-state index contributed by atoms with van der Waals surface area (Å²) in [4.78, 5) is 17.6. The Morgan fingerprint density at radius 3 is 2.34 bits per heavy atom. The van der Waals surface area contributed by atoms with E-state index in [4.69, 9.17) is 20.3 Å². The van der Waals surface area contributed by atoms with Gasteiger partial charge in [0.25, 0.3) is 0 Å². The van der Waals surface area contributed by atoms with Crippen LogP contribution in [0, 0.1) is 17.7 Å². The molecule has 0 atom stereocenters. The topological polar surface area (TPSA) is 99.4 Å². The number of carbonyl (C=O) groups is 1. The maximum atomic E-state index is 11.8. The van der Waals surface area contributed by atoms with Gasteiger partial charge in [-0.25, -0.2) is 0 Å². The summed E-state index contributed by atoms with van der Waals surface area (Å²) in [5.74, 6) is -0.275. The van der Waals surface area contributed by atoms with Gasteiger partial charge in [0.2, 0.25) is 18.2 Å². The van der Waals surface area contributed by atoms with Crippen LogP contribution in [-0.2, 0) is 19.7 Å². The lowest BCUT2D eigenvalue weighted by atomic mass is 9.84. The van der Waals surface area contributed by atoms with E-state index in [1.165, 1.54) is 0 Å². The number of rotatable bonds is 5. The molecule has 7 heteroatoms. The van der Waals surface area contributed by atoms with Crippen molar-refractivity contribution < 1.29 is 14.3 Å². The van der Waals surface area contributed by atoms with Crippen LogP contribution < -0.4 is 4.90 Å². The molecule has 3 rings (SSSR count). The lowest BCUT2D eigenvalue weighted by Gasteiger charge is -2.37. The van der Waals surface area contributed by atoms with Crippen molar-refractivity contribution >= 4 is 23.9 Å². The highest BCUT2D eigenvalue weighted by molar-refractivity contribution is 6.05. The summed E-state index contributed by atoms with van der Waals surface area (Å²) in [5, 5.41) is 16.5. The Morgan fingerprint density at radius 1 is 1.17 bits per heavy atom. The molecule has 2 N–H and O–H groups in total. The van der Waals surface area contributed by atoms with E-state index in [2.05, 4.69) is 25.8 Å². The van der Waals surface area contributed by atoms with Crippen molar-refractivity contribution in [1.29, 1.82) is 10.8 Å². The van der Waals surface area contributed by atoms with Gasteiger partial charge in [-0.3, -0.25) is 20.6 Å². The predicted octanol–water partition coefficient (Wildman–Crippen LogP) is 3.42. The molecule has 2 heterocycles. The van der Waals surface area contributed by atoms with E-state index >= 15 is 0 Å². The second-order valence-electron chi connectivity index (χ2n) is 8.13. The van der Waals surface area contributed by atoms with Gasteiger partial charge in [0.05, 0.1) is 19.3 Å². The molecule has 152 valence electrons. The third-order valence-corrected chi connectivity index (χ3v) is 4.84. The van der Waals surface area contributed by atoms with Crippen LogP contribution in [0.4, 0.5) is 5.69 Å². The summed E-state index contributed by atoms with van der Waals surface area (Å²) in [6, 6.07) is 8.87. The quantitative estimate of drug-likeness (QED) is 0.461. The van der Waals surface area contributed by atoms with Gasteiger partial charge in [0.15, 0.2) is 0 Å². The van der Waals surface area contributed by atoms with Crippen molar-refractivity contribution in [2.24, 2.45) is 0 Å². The van der Waals surface area contributed by atoms with Crippen LogP contribution in [0.1, 0.15) is 43.2 Å². The fraction of sp³-hybridized carbons (Fsp3) is 0.364. The van der Waals surface area contributed by atoms with E-state index in [1.807, 2.05) is 13.0 Å². The number of ether oxygens (including phenoxy) is 2. The number of hydrogen-bond acceptors (Lipinski definition) is 6. The molecule has 1 aliphatic heterocycles. The van der Waals surface area contributed by atoms with Gasteiger partial charge in [-0.15, -0.1) is 0 Å². The Bertz CT molecular complexity index is 945. The average molecular weight is 394 g/mol. The van der Waals surface area contributed by atoms with Gasteiger partial charge in [0.1, 0.15) is 0 Å². The smallest absolute Gasteiger partial charge is 0.221 e. The Hall–Kier alpha value is -3.06. The number of nitrogens with one attached hydrogen (secondary N) is 2. The molecule has 0 spiro atoms. The molecule has 0 bridgehead atoms. The van der Waals surface area contributed by atoms with Crippen LogP contribution >= 0.6 is 0 Å². The second kappa shape index (κ2) is 8.13. The summed E-state index contributed by atoms with van der Waals surface area (Å²) in [6.07, 6.45) is 2.42. The third-order valence-electron chi connectivity index (χ3n) is 4.84. The molecule has 0 unspecified atom stereocenters. The number of hydrogen-bond donors (Lipinski definition) is 2. The molecular weight excluding hydrogens is 368 g/mol. The standard InChI is InChI=1S/C22H26N4O3/c1-14-9-16(7-8-25-14)21(24)29-20(23)15-5-6-18(22(2,3)4)19(10-15)26(13-27)17-11-28-12-17/h5-10,13,17,23-24H,11-12H2,1-4H3. The van der Waals surface area contributed by atoms with E-state index in [9.17, 15) is 4.79 Å². The van der Waals surface area contributed by atoms with E-state index < -0.39 is 0 Å². The van der Waals surface area contributed by atoms with Crippen LogP contribution in [-0.4, -0.2) is 42.4 Å². The predicted molar refractivity (Wildman–Crippen MR) is 112 cm³/mol. The van der Waals surface area contributed by atoms with Crippen LogP contribution in [0.15, 0.2) is 36.5 Å². The highest BCUT2D eigenvalue weighted by Gasteiger charge is 2.30. The Balaban J connectivity index is 1.91. The van der Waals surface area contributed by atoms with E-state index in [-0.39, 0.29) is 23.3 Å². The fourth-order valence-corrected chi connectivity index (χ4v) is 3.15. The minimum absolute atomic E-state index is 0.0166. The number of anilines is 1. The Morgan fingerprint density at radius 2 is 1.83 bits per heavy atom. The van der Waals surface area contributed by atoms with Gasteiger partial charge >= 0.3 is 0 Å². The molecule has 0 aliphatic carbocycles. The average Bonchev–Trinajstić information content (AvgIpc) is 2.63. The molecule has 1 aromatic heterocycles. The van der Waals surface area contributed by atoms with Crippen molar-refractivity contribution in [3.8, 4) is 0 Å². The van der Waals surface area contributed by atoms with Gasteiger partial charge in [-0.1, -0.05) is 26.8 Å². The number of pyridine rings is 1. The summed E-state index contributed by atoms with van der Waals surface area (Å²) in [6.45, 7) is 9.05. The maximum Gasteiger partial charge on any atom is 0.221 e. The zero-order valence-electron chi connectivity index (χ0n) is 17.2. The van der Waals surface area contributed by atoms with Crippen molar-refractivity contribution in [3.63, 3.8) is 0 Å². The summed E-state index contributed by atoms with van der Waals surface area (Å²) in [7, 11) is 0. The number of carbonyl (C=O) groups excluding carboxylic acids is 1. The van der Waals surface area contributed by atoms with Crippen molar-refractivity contribution in [2.75, 3.05) is 18.1 Å². The number of amides is 1. The largest absolute Gasteiger partial charge is 0.421 e. The molecule has 1 aliphatic rings. The van der Waals surface area contributed by atoms with Gasteiger partial charge in [-0.2, -0.15) is 0 Å². The molecule has 1 saturated heterocycles. The van der Waals surface area contributed by atoms with Crippen molar-refractivity contribution in [1.82, 2.24) is 4.98 Å². The minimum atomic E-state index is -0.190. The zero-order valence-corrected chi connectivity index (χ0v) is 17.2. The first-order valence-corrected chi connectivity index (χ1v) is 9.45. The molecule has 1 aromatic carbocycles. The fourth-order valence-electron chi connectivity index (χ4n) is 3.15. The number of aryl methyl sites for hydroxylation is 1.